The standard InChI is InChI=1S/C31H30F3N3O4S/c32-31(33,34)42-27-8-4-7-25(19-27)36-30(41)37(26-15-13-23(14-16-26)22-5-2-1-3-6-22)20-21-9-11-24(12-10-21)29(40)35-18-17-28(38)39/h4-5,7-16,19H,1-3,6,17-18,20H2,(H,35,40)(H,36,41)(H,38,39). The van der Waals surface area contributed by atoms with Gasteiger partial charge in [-0.05, 0) is 96.6 Å². The molecule has 0 saturated heterocycles. The van der Waals surface area contributed by atoms with Crippen LogP contribution >= 0.6 is 11.8 Å². The first-order chi connectivity index (χ1) is 20.1. The number of urea groups is 1. The van der Waals surface area contributed by atoms with Gasteiger partial charge in [-0.25, -0.2) is 4.79 Å². The van der Waals surface area contributed by atoms with E-state index in [4.69, 9.17) is 5.11 Å². The highest BCUT2D eigenvalue weighted by Crippen LogP contribution is 2.37. The van der Waals surface area contributed by atoms with E-state index in [0.717, 1.165) is 24.8 Å². The second kappa shape index (κ2) is 14.1. The molecule has 11 heteroatoms. The molecule has 4 rings (SSSR count). The number of aliphatic carboxylic acids is 1. The number of nitrogens with one attached hydrogen (secondary N) is 2. The van der Waals surface area contributed by atoms with E-state index in [1.54, 1.807) is 24.3 Å². The number of hydrogen-bond donors (Lipinski definition) is 3. The lowest BCUT2D eigenvalue weighted by molar-refractivity contribution is -0.136. The number of allylic oxidation sites excluding steroid dienone is 2. The van der Waals surface area contributed by atoms with Crippen molar-refractivity contribution in [1.82, 2.24) is 5.32 Å². The van der Waals surface area contributed by atoms with Crippen LogP contribution in [0.15, 0.2) is 83.8 Å². The second-order valence-corrected chi connectivity index (χ2v) is 10.8. The molecule has 3 N–H and O–H groups in total. The van der Waals surface area contributed by atoms with Crippen LogP contribution in [0.4, 0.5) is 29.3 Å². The number of benzene rings is 3. The highest BCUT2D eigenvalue weighted by molar-refractivity contribution is 8.00. The number of nitrogens with zero attached hydrogens (tertiary/aromatic N) is 1. The molecule has 0 aromatic heterocycles. The summed E-state index contributed by atoms with van der Waals surface area (Å²) in [6.07, 6.45) is 6.36. The van der Waals surface area contributed by atoms with Gasteiger partial charge in [0.05, 0.1) is 13.0 Å². The topological polar surface area (TPSA) is 98.7 Å². The van der Waals surface area contributed by atoms with E-state index in [1.807, 2.05) is 24.3 Å². The second-order valence-electron chi connectivity index (χ2n) is 9.71. The molecule has 3 amide bonds. The van der Waals surface area contributed by atoms with Gasteiger partial charge in [-0.1, -0.05) is 36.4 Å². The van der Waals surface area contributed by atoms with Gasteiger partial charge in [0.25, 0.3) is 5.91 Å². The molecule has 0 atom stereocenters. The normalized spacial score (nSPS) is 13.2. The molecule has 0 radical (unpaired) electrons. The maximum absolute atomic E-state index is 13.5. The van der Waals surface area contributed by atoms with Crippen molar-refractivity contribution in [2.45, 2.75) is 49.1 Å². The van der Waals surface area contributed by atoms with Crippen LogP contribution in [0.2, 0.25) is 0 Å². The molecule has 1 aliphatic rings. The number of carboxylic acids is 1. The molecular weight excluding hydrogens is 567 g/mol. The third-order valence-corrected chi connectivity index (χ3v) is 7.31. The molecule has 0 saturated carbocycles. The monoisotopic (exact) mass is 597 g/mol. The van der Waals surface area contributed by atoms with E-state index in [2.05, 4.69) is 16.7 Å². The number of amides is 3. The molecule has 3 aromatic rings. The first-order valence-electron chi connectivity index (χ1n) is 13.4. The number of hydrogen-bond acceptors (Lipinski definition) is 4. The molecule has 1 aliphatic carbocycles. The van der Waals surface area contributed by atoms with Crippen molar-refractivity contribution in [3.8, 4) is 0 Å². The summed E-state index contributed by atoms with van der Waals surface area (Å²) >= 11 is -0.258. The molecule has 220 valence electrons. The lowest BCUT2D eigenvalue weighted by atomic mass is 9.93. The number of carbonyl (C=O) groups excluding carboxylic acids is 2. The van der Waals surface area contributed by atoms with E-state index < -0.39 is 23.4 Å². The zero-order chi connectivity index (χ0) is 30.1. The third kappa shape index (κ3) is 9.13. The quantitative estimate of drug-likeness (QED) is 0.208. The van der Waals surface area contributed by atoms with Crippen LogP contribution in [0.25, 0.3) is 5.57 Å². The molecular formula is C31H30F3N3O4S. The minimum atomic E-state index is -4.45. The summed E-state index contributed by atoms with van der Waals surface area (Å²) < 4.78 is 38.6. The number of anilines is 2. The molecule has 0 heterocycles. The van der Waals surface area contributed by atoms with Crippen molar-refractivity contribution >= 4 is 46.6 Å². The Labute approximate surface area is 245 Å². The minimum Gasteiger partial charge on any atom is -0.481 e. The summed E-state index contributed by atoms with van der Waals surface area (Å²) in [6.45, 7) is 0.116. The molecule has 42 heavy (non-hydrogen) atoms. The van der Waals surface area contributed by atoms with E-state index in [1.165, 1.54) is 41.2 Å². The Balaban J connectivity index is 1.54. The van der Waals surface area contributed by atoms with Gasteiger partial charge in [-0.3, -0.25) is 14.5 Å². The highest BCUT2D eigenvalue weighted by Gasteiger charge is 2.29. The van der Waals surface area contributed by atoms with Crippen LogP contribution in [0.1, 0.15) is 53.6 Å². The average Bonchev–Trinajstić information content (AvgIpc) is 2.96. The van der Waals surface area contributed by atoms with Gasteiger partial charge >= 0.3 is 17.5 Å². The molecule has 0 unspecified atom stereocenters. The van der Waals surface area contributed by atoms with Gasteiger partial charge in [-0.2, -0.15) is 13.2 Å². The SMILES string of the molecule is O=C(O)CCNC(=O)c1ccc(CN(C(=O)Nc2cccc(SC(F)(F)F)c2)c2ccc(C3=CCCCC3)cc2)cc1. The predicted molar refractivity (Wildman–Crippen MR) is 157 cm³/mol. The number of carboxylic acid groups (broad SMARTS) is 1. The van der Waals surface area contributed by atoms with Crippen LogP contribution in [0, 0.1) is 0 Å². The van der Waals surface area contributed by atoms with Crippen LogP contribution < -0.4 is 15.5 Å². The van der Waals surface area contributed by atoms with Gasteiger partial charge in [0.2, 0.25) is 0 Å². The lowest BCUT2D eigenvalue weighted by Gasteiger charge is -2.24. The van der Waals surface area contributed by atoms with Crippen molar-refractivity contribution in [1.29, 1.82) is 0 Å². The molecule has 7 nitrogen and oxygen atoms in total. The Bertz CT molecular complexity index is 1440. The van der Waals surface area contributed by atoms with Crippen molar-refractivity contribution < 1.29 is 32.7 Å². The highest BCUT2D eigenvalue weighted by atomic mass is 32.2. The molecule has 0 bridgehead atoms. The number of rotatable bonds is 10. The van der Waals surface area contributed by atoms with E-state index in [0.29, 0.717) is 16.8 Å². The summed E-state index contributed by atoms with van der Waals surface area (Å²) in [5.74, 6) is -1.43. The van der Waals surface area contributed by atoms with Gasteiger partial charge in [0.15, 0.2) is 0 Å². The fourth-order valence-electron chi connectivity index (χ4n) is 4.53. The van der Waals surface area contributed by atoms with Crippen molar-refractivity contribution in [2.75, 3.05) is 16.8 Å². The van der Waals surface area contributed by atoms with Gasteiger partial charge in [0, 0.05) is 28.4 Å². The van der Waals surface area contributed by atoms with Crippen LogP contribution in [0.5, 0.6) is 0 Å². The van der Waals surface area contributed by atoms with Gasteiger partial charge in [-0.15, -0.1) is 0 Å². The molecule has 0 aliphatic heterocycles. The first-order valence-corrected chi connectivity index (χ1v) is 14.2. The number of carbonyl (C=O) groups is 3. The smallest absolute Gasteiger partial charge is 0.446 e. The number of thioether (sulfide) groups is 1. The maximum Gasteiger partial charge on any atom is 0.446 e. The predicted octanol–water partition coefficient (Wildman–Crippen LogP) is 7.70. The van der Waals surface area contributed by atoms with Crippen LogP contribution in [0.3, 0.4) is 0 Å². The zero-order valence-electron chi connectivity index (χ0n) is 22.6. The number of alkyl halides is 3. The summed E-state index contributed by atoms with van der Waals surface area (Å²) in [5, 5.41) is 14.0. The van der Waals surface area contributed by atoms with E-state index in [-0.39, 0.29) is 41.9 Å². The van der Waals surface area contributed by atoms with Crippen LogP contribution in [-0.4, -0.2) is 35.1 Å². The molecule has 0 spiro atoms. The van der Waals surface area contributed by atoms with E-state index in [9.17, 15) is 27.6 Å². The lowest BCUT2D eigenvalue weighted by Crippen LogP contribution is -2.34. The van der Waals surface area contributed by atoms with Crippen molar-refractivity contribution in [3.63, 3.8) is 0 Å². The maximum atomic E-state index is 13.5. The summed E-state index contributed by atoms with van der Waals surface area (Å²) in [4.78, 5) is 37.9. The van der Waals surface area contributed by atoms with Gasteiger partial charge < -0.3 is 15.7 Å². The van der Waals surface area contributed by atoms with Crippen LogP contribution in [-0.2, 0) is 11.3 Å². The molecule has 3 aromatic carbocycles. The summed E-state index contributed by atoms with van der Waals surface area (Å²) in [6, 6.07) is 19.1. The van der Waals surface area contributed by atoms with Gasteiger partial charge in [0.1, 0.15) is 0 Å². The Morgan fingerprint density at radius 1 is 0.952 bits per heavy atom. The van der Waals surface area contributed by atoms with Crippen molar-refractivity contribution in [2.24, 2.45) is 0 Å². The molecule has 0 fully saturated rings. The third-order valence-electron chi connectivity index (χ3n) is 6.59. The fourth-order valence-corrected chi connectivity index (χ4v) is 5.13. The first kappa shape index (κ1) is 30.7. The Morgan fingerprint density at radius 2 is 1.69 bits per heavy atom. The Morgan fingerprint density at radius 3 is 2.33 bits per heavy atom. The largest absolute Gasteiger partial charge is 0.481 e. The summed E-state index contributed by atoms with van der Waals surface area (Å²) in [7, 11) is 0. The summed E-state index contributed by atoms with van der Waals surface area (Å²) in [5.41, 5.74) is -0.268. The minimum absolute atomic E-state index is 0.000553. The zero-order valence-corrected chi connectivity index (χ0v) is 23.4. The Hall–Kier alpha value is -4.25. The fraction of sp³-hybridized carbons (Fsp3) is 0.258. The van der Waals surface area contributed by atoms with Crippen molar-refractivity contribution in [3.05, 3.63) is 95.6 Å². The average molecular weight is 598 g/mol. The Kier molecular flexibility index (Phi) is 10.3. The number of halogens is 3. The van der Waals surface area contributed by atoms with E-state index >= 15 is 0 Å².